The van der Waals surface area contributed by atoms with E-state index in [9.17, 15) is 9.18 Å². The molecule has 0 aliphatic rings. The highest BCUT2D eigenvalue weighted by Crippen LogP contribution is 2.19. The number of benzene rings is 2. The lowest BCUT2D eigenvalue weighted by atomic mass is 10.00. The fraction of sp³-hybridized carbons (Fsp3) is 0. The van der Waals surface area contributed by atoms with Gasteiger partial charge in [0.2, 0.25) is 0 Å². The van der Waals surface area contributed by atoms with Crippen LogP contribution < -0.4 is 0 Å². The first-order valence-corrected chi connectivity index (χ1v) is 5.90. The molecule has 3 aromatic rings. The lowest BCUT2D eigenvalue weighted by Crippen LogP contribution is -2.03. The van der Waals surface area contributed by atoms with Gasteiger partial charge in [-0.3, -0.25) is 9.78 Å². The molecule has 2 aromatic carbocycles. The molecule has 1 heterocycles. The Morgan fingerprint density at radius 3 is 2.68 bits per heavy atom. The molecule has 0 spiro atoms. The second kappa shape index (κ2) is 4.61. The number of nitrogens with zero attached hydrogens (tertiary/aromatic N) is 1. The van der Waals surface area contributed by atoms with E-state index in [0.717, 1.165) is 10.9 Å². The van der Waals surface area contributed by atoms with Gasteiger partial charge in [0.25, 0.3) is 0 Å². The highest BCUT2D eigenvalue weighted by atomic mass is 19.1. The third-order valence-electron chi connectivity index (χ3n) is 2.98. The number of carbonyl (C=O) groups excluding carboxylic acids is 1. The highest BCUT2D eigenvalue weighted by Gasteiger charge is 2.13. The zero-order valence-corrected chi connectivity index (χ0v) is 10.0. The van der Waals surface area contributed by atoms with Gasteiger partial charge in [-0.1, -0.05) is 30.3 Å². The molecular formula is C16H10FNO. The van der Waals surface area contributed by atoms with Crippen LogP contribution in [0, 0.1) is 5.82 Å². The normalized spacial score (nSPS) is 10.6. The zero-order chi connectivity index (χ0) is 13.2. The van der Waals surface area contributed by atoms with Gasteiger partial charge in [-0.25, -0.2) is 4.39 Å². The number of hydrogen-bond donors (Lipinski definition) is 0. The quantitative estimate of drug-likeness (QED) is 0.651. The molecule has 0 amide bonds. The number of halogens is 1. The Bertz CT molecular complexity index is 762. The van der Waals surface area contributed by atoms with E-state index < -0.39 is 5.82 Å². The molecule has 92 valence electrons. The van der Waals surface area contributed by atoms with Crippen LogP contribution in [0.4, 0.5) is 4.39 Å². The number of fused-ring (bicyclic) bond motifs is 1. The van der Waals surface area contributed by atoms with Crippen molar-refractivity contribution in [3.8, 4) is 0 Å². The number of pyridine rings is 1. The van der Waals surface area contributed by atoms with Gasteiger partial charge in [-0.05, 0) is 24.3 Å². The first-order chi connectivity index (χ1) is 9.25. The lowest BCUT2D eigenvalue weighted by molar-refractivity contribution is 0.104. The summed E-state index contributed by atoms with van der Waals surface area (Å²) in [6, 6.07) is 14.8. The molecule has 1 aromatic heterocycles. The Balaban J connectivity index is 2.17. The van der Waals surface area contributed by atoms with Crippen LogP contribution in [-0.2, 0) is 0 Å². The van der Waals surface area contributed by atoms with E-state index in [1.54, 1.807) is 18.3 Å². The van der Waals surface area contributed by atoms with Gasteiger partial charge in [0.1, 0.15) is 5.82 Å². The summed E-state index contributed by atoms with van der Waals surface area (Å²) in [6.45, 7) is 0. The number of rotatable bonds is 2. The number of aromatic nitrogens is 1. The van der Waals surface area contributed by atoms with Crippen LogP contribution in [0.15, 0.2) is 60.8 Å². The van der Waals surface area contributed by atoms with Crippen molar-refractivity contribution in [1.82, 2.24) is 4.98 Å². The minimum absolute atomic E-state index is 0.196. The van der Waals surface area contributed by atoms with Gasteiger partial charge < -0.3 is 0 Å². The summed E-state index contributed by atoms with van der Waals surface area (Å²) in [5.41, 5.74) is 1.64. The SMILES string of the molecule is O=C(c1cccc(F)c1)c1ccnc2ccccc12. The molecule has 0 aliphatic heterocycles. The number of para-hydroxylation sites is 1. The number of carbonyl (C=O) groups is 1. The maximum atomic E-state index is 13.2. The molecule has 3 rings (SSSR count). The van der Waals surface area contributed by atoms with Crippen LogP contribution in [-0.4, -0.2) is 10.8 Å². The van der Waals surface area contributed by atoms with E-state index in [-0.39, 0.29) is 5.78 Å². The van der Waals surface area contributed by atoms with E-state index in [4.69, 9.17) is 0 Å². The first kappa shape index (κ1) is 11.5. The van der Waals surface area contributed by atoms with Crippen molar-refractivity contribution in [2.24, 2.45) is 0 Å². The van der Waals surface area contributed by atoms with E-state index in [2.05, 4.69) is 4.98 Å². The second-order valence-corrected chi connectivity index (χ2v) is 4.22. The fourth-order valence-corrected chi connectivity index (χ4v) is 2.08. The van der Waals surface area contributed by atoms with E-state index in [0.29, 0.717) is 11.1 Å². The lowest BCUT2D eigenvalue weighted by Gasteiger charge is -2.05. The molecule has 19 heavy (non-hydrogen) atoms. The molecule has 0 N–H and O–H groups in total. The average Bonchev–Trinajstić information content (AvgIpc) is 2.46. The zero-order valence-electron chi connectivity index (χ0n) is 10.0. The van der Waals surface area contributed by atoms with Crippen LogP contribution in [0.1, 0.15) is 15.9 Å². The van der Waals surface area contributed by atoms with Crippen LogP contribution in [0.3, 0.4) is 0 Å². The summed E-state index contributed by atoms with van der Waals surface area (Å²) in [5, 5.41) is 0.777. The summed E-state index contributed by atoms with van der Waals surface area (Å²) in [6.07, 6.45) is 1.59. The van der Waals surface area contributed by atoms with Crippen LogP contribution in [0.25, 0.3) is 10.9 Å². The van der Waals surface area contributed by atoms with Crippen molar-refractivity contribution in [3.63, 3.8) is 0 Å². The molecule has 0 fully saturated rings. The molecule has 2 nitrogen and oxygen atoms in total. The number of ketones is 1. The Morgan fingerprint density at radius 2 is 1.84 bits per heavy atom. The van der Waals surface area contributed by atoms with Crippen molar-refractivity contribution < 1.29 is 9.18 Å². The highest BCUT2D eigenvalue weighted by molar-refractivity contribution is 6.15. The molecule has 0 bridgehead atoms. The second-order valence-electron chi connectivity index (χ2n) is 4.22. The van der Waals surface area contributed by atoms with Gasteiger partial charge in [0, 0.05) is 22.7 Å². The summed E-state index contributed by atoms with van der Waals surface area (Å²) >= 11 is 0. The summed E-state index contributed by atoms with van der Waals surface area (Å²) < 4.78 is 13.2. The topological polar surface area (TPSA) is 30.0 Å². The molecule has 3 heteroatoms. The molecule has 0 unspecified atom stereocenters. The van der Waals surface area contributed by atoms with Crippen molar-refractivity contribution in [2.75, 3.05) is 0 Å². The van der Waals surface area contributed by atoms with Gasteiger partial charge in [0.15, 0.2) is 5.78 Å². The Kier molecular flexibility index (Phi) is 2.80. The molecular weight excluding hydrogens is 241 g/mol. The van der Waals surface area contributed by atoms with Gasteiger partial charge in [0.05, 0.1) is 5.52 Å². The van der Waals surface area contributed by atoms with Crippen molar-refractivity contribution >= 4 is 16.7 Å². The third-order valence-corrected chi connectivity index (χ3v) is 2.98. The van der Waals surface area contributed by atoms with E-state index in [1.165, 1.54) is 18.2 Å². The summed E-state index contributed by atoms with van der Waals surface area (Å²) in [4.78, 5) is 16.6. The molecule has 0 aliphatic carbocycles. The van der Waals surface area contributed by atoms with Crippen LogP contribution in [0.5, 0.6) is 0 Å². The smallest absolute Gasteiger partial charge is 0.193 e. The van der Waals surface area contributed by atoms with Gasteiger partial charge >= 0.3 is 0 Å². The largest absolute Gasteiger partial charge is 0.289 e. The Hall–Kier alpha value is -2.55. The monoisotopic (exact) mass is 251 g/mol. The van der Waals surface area contributed by atoms with Crippen LogP contribution in [0.2, 0.25) is 0 Å². The summed E-state index contributed by atoms with van der Waals surface area (Å²) in [7, 11) is 0. The molecule has 0 radical (unpaired) electrons. The first-order valence-electron chi connectivity index (χ1n) is 5.90. The molecule has 0 saturated carbocycles. The minimum Gasteiger partial charge on any atom is -0.289 e. The van der Waals surface area contributed by atoms with E-state index in [1.807, 2.05) is 24.3 Å². The van der Waals surface area contributed by atoms with E-state index >= 15 is 0 Å². The standard InChI is InChI=1S/C16H10FNO/c17-12-5-3-4-11(10-12)16(19)14-8-9-18-15-7-2-1-6-13(14)15/h1-10H. The molecule has 0 saturated heterocycles. The molecule has 0 atom stereocenters. The number of hydrogen-bond acceptors (Lipinski definition) is 2. The van der Waals surface area contributed by atoms with Crippen molar-refractivity contribution in [1.29, 1.82) is 0 Å². The van der Waals surface area contributed by atoms with Gasteiger partial charge in [-0.15, -0.1) is 0 Å². The van der Waals surface area contributed by atoms with Crippen LogP contribution >= 0.6 is 0 Å². The average molecular weight is 251 g/mol. The third kappa shape index (κ3) is 2.10. The fourth-order valence-electron chi connectivity index (χ4n) is 2.08. The minimum atomic E-state index is -0.413. The van der Waals surface area contributed by atoms with Crippen molar-refractivity contribution in [3.05, 3.63) is 77.7 Å². The maximum Gasteiger partial charge on any atom is 0.193 e. The summed E-state index contributed by atoms with van der Waals surface area (Å²) in [5.74, 6) is -0.609. The predicted molar refractivity (Wildman–Crippen MR) is 71.6 cm³/mol. The Labute approximate surface area is 109 Å². The van der Waals surface area contributed by atoms with Crippen molar-refractivity contribution in [2.45, 2.75) is 0 Å². The Morgan fingerprint density at radius 1 is 1.00 bits per heavy atom. The van der Waals surface area contributed by atoms with Gasteiger partial charge in [-0.2, -0.15) is 0 Å². The predicted octanol–water partition coefficient (Wildman–Crippen LogP) is 3.60. The maximum absolute atomic E-state index is 13.2.